The van der Waals surface area contributed by atoms with Crippen LogP contribution in [0.25, 0.3) is 0 Å². The summed E-state index contributed by atoms with van der Waals surface area (Å²) in [6.45, 7) is 5.38. The van der Waals surface area contributed by atoms with E-state index < -0.39 is 0 Å². The Bertz CT molecular complexity index is 734. The minimum absolute atomic E-state index is 0.0126. The lowest BCUT2D eigenvalue weighted by molar-refractivity contribution is -0.138. The van der Waals surface area contributed by atoms with E-state index in [-0.39, 0.29) is 18.6 Å². The van der Waals surface area contributed by atoms with Gasteiger partial charge in [-0.05, 0) is 48.9 Å². The fourth-order valence-corrected chi connectivity index (χ4v) is 3.41. The van der Waals surface area contributed by atoms with Gasteiger partial charge in [-0.25, -0.2) is 0 Å². The van der Waals surface area contributed by atoms with Crippen LogP contribution >= 0.6 is 23.2 Å². The van der Waals surface area contributed by atoms with Gasteiger partial charge in [-0.1, -0.05) is 35.3 Å². The molecule has 1 heterocycles. The number of hydrogen-bond donors (Lipinski definition) is 0. The molecule has 0 spiro atoms. The average Bonchev–Trinajstić information content (AvgIpc) is 2.63. The van der Waals surface area contributed by atoms with Crippen molar-refractivity contribution in [1.82, 2.24) is 9.80 Å². The van der Waals surface area contributed by atoms with E-state index in [0.29, 0.717) is 17.3 Å². The van der Waals surface area contributed by atoms with Gasteiger partial charge in [-0.3, -0.25) is 9.69 Å². The molecule has 0 N–H and O–H groups in total. The zero-order chi connectivity index (χ0) is 18.5. The maximum atomic E-state index is 12.5. The van der Waals surface area contributed by atoms with Crippen LogP contribution in [0.5, 0.6) is 5.75 Å². The SMILES string of the molecule is C[C@@H]1CN(Cc2ccc(Cl)cc2)CCN1C(=O)COc1ccc(Cl)cc1. The van der Waals surface area contributed by atoms with Crippen LogP contribution in [-0.2, 0) is 11.3 Å². The fourth-order valence-electron chi connectivity index (χ4n) is 3.15. The summed E-state index contributed by atoms with van der Waals surface area (Å²) in [5, 5.41) is 1.40. The van der Waals surface area contributed by atoms with E-state index in [1.165, 1.54) is 5.56 Å². The van der Waals surface area contributed by atoms with E-state index in [0.717, 1.165) is 24.7 Å². The monoisotopic (exact) mass is 392 g/mol. The number of nitrogens with zero attached hydrogens (tertiary/aromatic N) is 2. The number of carbonyl (C=O) groups excluding carboxylic acids is 1. The molecule has 0 radical (unpaired) electrons. The Labute approximate surface area is 164 Å². The van der Waals surface area contributed by atoms with Crippen molar-refractivity contribution in [3.05, 3.63) is 64.1 Å². The van der Waals surface area contributed by atoms with Crippen molar-refractivity contribution in [2.75, 3.05) is 26.2 Å². The highest BCUT2D eigenvalue weighted by Crippen LogP contribution is 2.17. The summed E-state index contributed by atoms with van der Waals surface area (Å²) in [6, 6.07) is 15.1. The minimum atomic E-state index is 0.0126. The van der Waals surface area contributed by atoms with Crippen molar-refractivity contribution in [2.24, 2.45) is 0 Å². The van der Waals surface area contributed by atoms with Crippen LogP contribution in [0.2, 0.25) is 10.0 Å². The Morgan fingerprint density at radius 2 is 1.65 bits per heavy atom. The number of rotatable bonds is 5. The van der Waals surface area contributed by atoms with E-state index in [1.54, 1.807) is 24.3 Å². The first-order valence-corrected chi connectivity index (χ1v) is 9.41. The molecule has 6 heteroatoms. The maximum Gasteiger partial charge on any atom is 0.260 e. The third-order valence-corrected chi connectivity index (χ3v) is 5.03. The summed E-state index contributed by atoms with van der Waals surface area (Å²) in [7, 11) is 0. The number of ether oxygens (including phenoxy) is 1. The molecule has 3 rings (SSSR count). The van der Waals surface area contributed by atoms with Crippen LogP contribution in [0.1, 0.15) is 12.5 Å². The lowest BCUT2D eigenvalue weighted by Crippen LogP contribution is -2.54. The van der Waals surface area contributed by atoms with Gasteiger partial charge in [-0.15, -0.1) is 0 Å². The number of carbonyl (C=O) groups is 1. The van der Waals surface area contributed by atoms with Gasteiger partial charge in [0.25, 0.3) is 5.91 Å². The Kier molecular flexibility index (Phi) is 6.41. The van der Waals surface area contributed by atoms with Crippen LogP contribution in [0, 0.1) is 0 Å². The summed E-state index contributed by atoms with van der Waals surface area (Å²) in [4.78, 5) is 16.7. The van der Waals surface area contributed by atoms with Gasteiger partial charge in [0.2, 0.25) is 0 Å². The highest BCUT2D eigenvalue weighted by molar-refractivity contribution is 6.30. The van der Waals surface area contributed by atoms with Crippen molar-refractivity contribution in [1.29, 1.82) is 0 Å². The fraction of sp³-hybridized carbons (Fsp3) is 0.350. The molecule has 1 atom stereocenters. The lowest BCUT2D eigenvalue weighted by atomic mass is 10.1. The average molecular weight is 393 g/mol. The summed E-state index contributed by atoms with van der Waals surface area (Å²) in [5.41, 5.74) is 1.23. The zero-order valence-electron chi connectivity index (χ0n) is 14.7. The molecular weight excluding hydrogens is 371 g/mol. The Balaban J connectivity index is 1.49. The molecule has 1 aliphatic heterocycles. The maximum absolute atomic E-state index is 12.5. The predicted octanol–water partition coefficient (Wildman–Crippen LogP) is 4.11. The highest BCUT2D eigenvalue weighted by atomic mass is 35.5. The number of hydrogen-bond acceptors (Lipinski definition) is 3. The molecule has 4 nitrogen and oxygen atoms in total. The number of piperazine rings is 1. The Morgan fingerprint density at radius 1 is 1.04 bits per heavy atom. The summed E-state index contributed by atoms with van der Waals surface area (Å²) in [6.07, 6.45) is 0. The molecule has 0 aliphatic carbocycles. The second kappa shape index (κ2) is 8.76. The molecule has 1 amide bonds. The summed E-state index contributed by atoms with van der Waals surface area (Å²) < 4.78 is 5.58. The van der Waals surface area contributed by atoms with Gasteiger partial charge in [0.15, 0.2) is 6.61 Å². The number of benzene rings is 2. The van der Waals surface area contributed by atoms with E-state index in [9.17, 15) is 4.79 Å². The number of amides is 1. The molecular formula is C20H22Cl2N2O2. The first-order chi connectivity index (χ1) is 12.5. The minimum Gasteiger partial charge on any atom is -0.484 e. The molecule has 0 bridgehead atoms. The van der Waals surface area contributed by atoms with Crippen LogP contribution < -0.4 is 4.74 Å². The molecule has 138 valence electrons. The lowest BCUT2D eigenvalue weighted by Gasteiger charge is -2.39. The smallest absolute Gasteiger partial charge is 0.260 e. The van der Waals surface area contributed by atoms with Crippen molar-refractivity contribution in [3.8, 4) is 5.75 Å². The quantitative estimate of drug-likeness (QED) is 0.767. The first-order valence-electron chi connectivity index (χ1n) is 8.66. The van der Waals surface area contributed by atoms with E-state index in [4.69, 9.17) is 27.9 Å². The van der Waals surface area contributed by atoms with Gasteiger partial charge in [-0.2, -0.15) is 0 Å². The third-order valence-electron chi connectivity index (χ3n) is 4.53. The Hall–Kier alpha value is -1.75. The molecule has 1 aliphatic rings. The summed E-state index contributed by atoms with van der Waals surface area (Å²) >= 11 is 11.8. The molecule has 0 saturated carbocycles. The standard InChI is InChI=1S/C20H22Cl2N2O2/c1-15-12-23(13-16-2-4-17(21)5-3-16)10-11-24(15)20(25)14-26-19-8-6-18(22)7-9-19/h2-9,15H,10-14H2,1H3/t15-/m1/s1. The molecule has 26 heavy (non-hydrogen) atoms. The van der Waals surface area contributed by atoms with Crippen molar-refractivity contribution in [2.45, 2.75) is 19.5 Å². The first kappa shape index (κ1) is 19.0. The third kappa shape index (κ3) is 5.13. The van der Waals surface area contributed by atoms with Gasteiger partial charge in [0.05, 0.1) is 0 Å². The van der Waals surface area contributed by atoms with Gasteiger partial charge >= 0.3 is 0 Å². The molecule has 2 aromatic rings. The van der Waals surface area contributed by atoms with Crippen LogP contribution in [-0.4, -0.2) is 48.0 Å². The van der Waals surface area contributed by atoms with Crippen LogP contribution in [0.4, 0.5) is 0 Å². The van der Waals surface area contributed by atoms with Crippen LogP contribution in [0.3, 0.4) is 0 Å². The highest BCUT2D eigenvalue weighted by Gasteiger charge is 2.27. The van der Waals surface area contributed by atoms with Gasteiger partial charge in [0.1, 0.15) is 5.75 Å². The van der Waals surface area contributed by atoms with Crippen molar-refractivity contribution >= 4 is 29.1 Å². The van der Waals surface area contributed by atoms with Crippen molar-refractivity contribution in [3.63, 3.8) is 0 Å². The molecule has 0 unspecified atom stereocenters. The van der Waals surface area contributed by atoms with Crippen molar-refractivity contribution < 1.29 is 9.53 Å². The van der Waals surface area contributed by atoms with E-state index in [1.807, 2.05) is 29.2 Å². The second-order valence-corrected chi connectivity index (χ2v) is 7.41. The van der Waals surface area contributed by atoms with E-state index >= 15 is 0 Å². The second-order valence-electron chi connectivity index (χ2n) is 6.54. The van der Waals surface area contributed by atoms with E-state index in [2.05, 4.69) is 11.8 Å². The molecule has 2 aromatic carbocycles. The zero-order valence-corrected chi connectivity index (χ0v) is 16.2. The topological polar surface area (TPSA) is 32.8 Å². The Morgan fingerprint density at radius 3 is 2.27 bits per heavy atom. The summed E-state index contributed by atoms with van der Waals surface area (Å²) in [5.74, 6) is 0.662. The van der Waals surface area contributed by atoms with Gasteiger partial charge in [0, 0.05) is 42.3 Å². The predicted molar refractivity (Wildman–Crippen MR) is 105 cm³/mol. The number of halogens is 2. The normalized spacial score (nSPS) is 18.0. The van der Waals surface area contributed by atoms with Crippen LogP contribution in [0.15, 0.2) is 48.5 Å². The molecule has 0 aromatic heterocycles. The molecule has 1 fully saturated rings. The van der Waals surface area contributed by atoms with Gasteiger partial charge < -0.3 is 9.64 Å². The largest absolute Gasteiger partial charge is 0.484 e. The molecule has 1 saturated heterocycles.